The molecule has 1 unspecified atom stereocenters. The van der Waals surface area contributed by atoms with E-state index in [2.05, 4.69) is 4.74 Å². The van der Waals surface area contributed by atoms with Crippen molar-refractivity contribution >= 4 is 11.9 Å². The molecule has 5 nitrogen and oxygen atoms in total. The maximum absolute atomic E-state index is 12.8. The van der Waals surface area contributed by atoms with Gasteiger partial charge in [-0.25, -0.2) is 0 Å². The Kier molecular flexibility index (Phi) is 5.20. The summed E-state index contributed by atoms with van der Waals surface area (Å²) in [6.07, 6.45) is 1.44. The zero-order valence-corrected chi connectivity index (χ0v) is 12.5. The number of fused-ring (bicyclic) bond motifs is 1. The van der Waals surface area contributed by atoms with Gasteiger partial charge in [-0.3, -0.25) is 9.59 Å². The van der Waals surface area contributed by atoms with E-state index in [4.69, 9.17) is 4.74 Å². The zero-order chi connectivity index (χ0) is 15.2. The van der Waals surface area contributed by atoms with Crippen molar-refractivity contribution in [1.82, 2.24) is 4.90 Å². The van der Waals surface area contributed by atoms with Crippen LogP contribution in [0.2, 0.25) is 0 Å². The molecule has 1 heterocycles. The summed E-state index contributed by atoms with van der Waals surface area (Å²) in [4.78, 5) is 25.8. The van der Waals surface area contributed by atoms with Gasteiger partial charge in [-0.1, -0.05) is 25.1 Å². The van der Waals surface area contributed by atoms with Gasteiger partial charge in [0.1, 0.15) is 12.3 Å². The highest BCUT2D eigenvalue weighted by Crippen LogP contribution is 2.34. The van der Waals surface area contributed by atoms with Crippen LogP contribution in [0.4, 0.5) is 0 Å². The quantitative estimate of drug-likeness (QED) is 0.778. The maximum Gasteiger partial charge on any atom is 0.325 e. The second-order valence-corrected chi connectivity index (χ2v) is 5.06. The van der Waals surface area contributed by atoms with E-state index < -0.39 is 5.97 Å². The van der Waals surface area contributed by atoms with Crippen LogP contribution in [0.3, 0.4) is 0 Å². The van der Waals surface area contributed by atoms with Gasteiger partial charge in [-0.2, -0.15) is 0 Å². The molecule has 0 fully saturated rings. The number of ether oxygens (including phenoxy) is 2. The summed E-state index contributed by atoms with van der Waals surface area (Å²) < 4.78 is 10.3. The van der Waals surface area contributed by atoms with Crippen molar-refractivity contribution in [2.75, 3.05) is 26.8 Å². The van der Waals surface area contributed by atoms with E-state index in [0.717, 1.165) is 17.7 Å². The molecule has 1 aliphatic rings. The SMILES string of the molecule is CCCN(CC(=O)OC)C(=O)C1CCOc2ccccc21. The Balaban J connectivity index is 2.19. The second-order valence-electron chi connectivity index (χ2n) is 5.06. The number of benzene rings is 1. The molecule has 5 heteroatoms. The number of hydrogen-bond donors (Lipinski definition) is 0. The van der Waals surface area contributed by atoms with Gasteiger partial charge >= 0.3 is 5.97 Å². The Hall–Kier alpha value is -2.04. The highest BCUT2D eigenvalue weighted by atomic mass is 16.5. The van der Waals surface area contributed by atoms with Crippen LogP contribution in [0.1, 0.15) is 31.2 Å². The predicted molar refractivity (Wildman–Crippen MR) is 78.2 cm³/mol. The minimum Gasteiger partial charge on any atom is -0.493 e. The Bertz CT molecular complexity index is 515. The topological polar surface area (TPSA) is 55.8 Å². The first-order chi connectivity index (χ1) is 10.2. The normalized spacial score (nSPS) is 16.6. The van der Waals surface area contributed by atoms with Crippen LogP contribution in [0.5, 0.6) is 5.75 Å². The average molecular weight is 291 g/mol. The zero-order valence-electron chi connectivity index (χ0n) is 12.5. The van der Waals surface area contributed by atoms with Gasteiger partial charge in [0.2, 0.25) is 5.91 Å². The molecule has 1 aliphatic heterocycles. The fourth-order valence-electron chi connectivity index (χ4n) is 2.58. The smallest absolute Gasteiger partial charge is 0.325 e. The molecule has 1 atom stereocenters. The van der Waals surface area contributed by atoms with E-state index in [9.17, 15) is 9.59 Å². The lowest BCUT2D eigenvalue weighted by Gasteiger charge is -2.30. The van der Waals surface area contributed by atoms with Gasteiger partial charge in [0, 0.05) is 12.1 Å². The molecular formula is C16H21NO4. The minimum absolute atomic E-state index is 0.00268. The molecule has 21 heavy (non-hydrogen) atoms. The first-order valence-corrected chi connectivity index (χ1v) is 7.24. The van der Waals surface area contributed by atoms with Crippen molar-refractivity contribution in [3.8, 4) is 5.75 Å². The number of methoxy groups -OCH3 is 1. The van der Waals surface area contributed by atoms with Crippen molar-refractivity contribution in [3.05, 3.63) is 29.8 Å². The molecule has 114 valence electrons. The third kappa shape index (κ3) is 3.54. The molecule has 0 spiro atoms. The molecule has 0 bridgehead atoms. The van der Waals surface area contributed by atoms with Crippen LogP contribution in [-0.4, -0.2) is 43.6 Å². The summed E-state index contributed by atoms with van der Waals surface area (Å²) in [5.74, 6) is 0.0953. The van der Waals surface area contributed by atoms with E-state index in [-0.39, 0.29) is 18.4 Å². The van der Waals surface area contributed by atoms with Crippen molar-refractivity contribution in [3.63, 3.8) is 0 Å². The van der Waals surface area contributed by atoms with Crippen LogP contribution < -0.4 is 4.74 Å². The lowest BCUT2D eigenvalue weighted by Crippen LogP contribution is -2.41. The minimum atomic E-state index is -0.392. The summed E-state index contributed by atoms with van der Waals surface area (Å²) in [6, 6.07) is 7.58. The van der Waals surface area contributed by atoms with Crippen LogP contribution in [0, 0.1) is 0 Å². The highest BCUT2D eigenvalue weighted by Gasteiger charge is 2.31. The van der Waals surface area contributed by atoms with Gasteiger partial charge in [0.05, 0.1) is 19.6 Å². The van der Waals surface area contributed by atoms with Crippen LogP contribution >= 0.6 is 0 Å². The average Bonchev–Trinajstić information content (AvgIpc) is 2.53. The Morgan fingerprint density at radius 2 is 2.14 bits per heavy atom. The Morgan fingerprint density at radius 1 is 1.38 bits per heavy atom. The molecule has 1 amide bonds. The molecule has 1 aromatic carbocycles. The van der Waals surface area contributed by atoms with Crippen molar-refractivity contribution in [2.24, 2.45) is 0 Å². The number of nitrogens with zero attached hydrogens (tertiary/aromatic N) is 1. The number of para-hydroxylation sites is 1. The summed E-state index contributed by atoms with van der Waals surface area (Å²) in [7, 11) is 1.33. The summed E-state index contributed by atoms with van der Waals surface area (Å²) in [5, 5.41) is 0. The summed E-state index contributed by atoms with van der Waals surface area (Å²) in [6.45, 7) is 3.05. The standard InChI is InChI=1S/C16H21NO4/c1-3-9-17(11-15(18)20-2)16(19)13-8-10-21-14-7-5-4-6-12(13)14/h4-7,13H,3,8-11H2,1-2H3. The second kappa shape index (κ2) is 7.11. The molecular weight excluding hydrogens is 270 g/mol. The van der Waals surface area contributed by atoms with E-state index in [1.54, 1.807) is 4.90 Å². The molecule has 0 aliphatic carbocycles. The largest absolute Gasteiger partial charge is 0.493 e. The lowest BCUT2D eigenvalue weighted by atomic mass is 9.91. The third-order valence-electron chi connectivity index (χ3n) is 3.61. The number of hydrogen-bond acceptors (Lipinski definition) is 4. The first-order valence-electron chi connectivity index (χ1n) is 7.24. The predicted octanol–water partition coefficient (Wildman–Crippen LogP) is 1.96. The van der Waals surface area contributed by atoms with E-state index in [1.807, 2.05) is 31.2 Å². The fourth-order valence-corrected chi connectivity index (χ4v) is 2.58. The van der Waals surface area contributed by atoms with Crippen molar-refractivity contribution < 1.29 is 19.1 Å². The van der Waals surface area contributed by atoms with Gasteiger partial charge in [0.25, 0.3) is 0 Å². The fraction of sp³-hybridized carbons (Fsp3) is 0.500. The van der Waals surface area contributed by atoms with Crippen LogP contribution in [0.25, 0.3) is 0 Å². The summed E-state index contributed by atoms with van der Waals surface area (Å²) >= 11 is 0. The number of esters is 1. The molecule has 2 rings (SSSR count). The third-order valence-corrected chi connectivity index (χ3v) is 3.61. The molecule has 0 saturated heterocycles. The molecule has 0 radical (unpaired) electrons. The van der Waals surface area contributed by atoms with E-state index >= 15 is 0 Å². The Morgan fingerprint density at radius 3 is 2.86 bits per heavy atom. The first kappa shape index (κ1) is 15.4. The highest BCUT2D eigenvalue weighted by molar-refractivity contribution is 5.87. The van der Waals surface area contributed by atoms with E-state index in [0.29, 0.717) is 19.6 Å². The van der Waals surface area contributed by atoms with Crippen molar-refractivity contribution in [2.45, 2.75) is 25.7 Å². The maximum atomic E-state index is 12.8. The van der Waals surface area contributed by atoms with Gasteiger partial charge in [-0.15, -0.1) is 0 Å². The summed E-state index contributed by atoms with van der Waals surface area (Å²) in [5.41, 5.74) is 0.903. The molecule has 0 aromatic heterocycles. The van der Waals surface area contributed by atoms with E-state index in [1.165, 1.54) is 7.11 Å². The molecule has 0 saturated carbocycles. The number of carbonyl (C=O) groups excluding carboxylic acids is 2. The van der Waals surface area contributed by atoms with Gasteiger partial charge in [-0.05, 0) is 18.9 Å². The number of carbonyl (C=O) groups is 2. The van der Waals surface area contributed by atoms with Crippen LogP contribution in [-0.2, 0) is 14.3 Å². The number of amides is 1. The molecule has 1 aromatic rings. The monoisotopic (exact) mass is 291 g/mol. The van der Waals surface area contributed by atoms with Crippen LogP contribution in [0.15, 0.2) is 24.3 Å². The van der Waals surface area contributed by atoms with Gasteiger partial charge < -0.3 is 14.4 Å². The Labute approximate surface area is 124 Å². The van der Waals surface area contributed by atoms with Crippen molar-refractivity contribution in [1.29, 1.82) is 0 Å². The lowest BCUT2D eigenvalue weighted by molar-refractivity contribution is -0.147. The number of rotatable bonds is 5. The van der Waals surface area contributed by atoms with Gasteiger partial charge in [0.15, 0.2) is 0 Å². The molecule has 0 N–H and O–H groups in total.